The molecule has 158 valence electrons. The molecule has 5 aromatic carbocycles. The molecule has 1 heterocycles. The van der Waals surface area contributed by atoms with E-state index in [-0.39, 0.29) is 0 Å². The second-order valence-electron chi connectivity index (χ2n) is 8.18. The Kier molecular flexibility index (Phi) is 4.94. The summed E-state index contributed by atoms with van der Waals surface area (Å²) in [7, 11) is 0. The summed E-state index contributed by atoms with van der Waals surface area (Å²) >= 11 is 6.46. The third-order valence-corrected chi connectivity index (χ3v) is 7.74. The van der Waals surface area contributed by atoms with Crippen molar-refractivity contribution in [2.75, 3.05) is 5.73 Å². The Hall–Kier alpha value is -3.53. The van der Waals surface area contributed by atoms with Crippen LogP contribution in [-0.2, 0) is 0 Å². The van der Waals surface area contributed by atoms with Gasteiger partial charge in [-0.05, 0) is 58.1 Å². The maximum Gasteiger partial charge on any atom is 0.0454 e. The molecule has 0 atom stereocenters. The van der Waals surface area contributed by atoms with Gasteiger partial charge in [-0.1, -0.05) is 78.9 Å². The van der Waals surface area contributed by atoms with Gasteiger partial charge in [-0.2, -0.15) is 0 Å². The first-order valence-electron chi connectivity index (χ1n) is 10.9. The molecule has 0 bridgehead atoms. The minimum Gasteiger partial charge on any atom is -0.398 e. The van der Waals surface area contributed by atoms with Gasteiger partial charge in [-0.3, -0.25) is 0 Å². The highest BCUT2D eigenvalue weighted by atomic mass is 32.1. The quantitative estimate of drug-likeness (QED) is 0.200. The average molecular weight is 460 g/mol. The van der Waals surface area contributed by atoms with Crippen LogP contribution in [-0.4, -0.2) is 0 Å². The molecule has 0 amide bonds. The van der Waals surface area contributed by atoms with Crippen molar-refractivity contribution in [2.45, 2.75) is 4.90 Å². The molecule has 0 aliphatic rings. The molecule has 0 spiro atoms. The van der Waals surface area contributed by atoms with Crippen molar-refractivity contribution >= 4 is 49.8 Å². The smallest absolute Gasteiger partial charge is 0.0454 e. The molecule has 6 aromatic rings. The Balaban J connectivity index is 1.50. The molecular formula is C30H21NS2. The van der Waals surface area contributed by atoms with Crippen LogP contribution in [0.5, 0.6) is 0 Å². The molecule has 0 aliphatic heterocycles. The highest BCUT2D eigenvalue weighted by molar-refractivity contribution is 7.80. The van der Waals surface area contributed by atoms with E-state index >= 15 is 0 Å². The molecule has 0 unspecified atom stereocenters. The minimum absolute atomic E-state index is 0.809. The van der Waals surface area contributed by atoms with Crippen LogP contribution in [0.25, 0.3) is 53.6 Å². The van der Waals surface area contributed by atoms with Gasteiger partial charge in [0.05, 0.1) is 0 Å². The van der Waals surface area contributed by atoms with Crippen LogP contribution in [0.3, 0.4) is 0 Å². The van der Waals surface area contributed by atoms with Gasteiger partial charge in [-0.25, -0.2) is 0 Å². The number of rotatable bonds is 3. The number of hydrogen-bond donors (Lipinski definition) is 2. The highest BCUT2D eigenvalue weighted by Gasteiger charge is 2.14. The van der Waals surface area contributed by atoms with E-state index in [1.807, 2.05) is 29.5 Å². The SMILES string of the molecule is Nc1ccc2c(sc3ccccc32)c1-c1cccc(-c2cccc(-c3ccccc3S)c2)c1. The van der Waals surface area contributed by atoms with E-state index in [2.05, 4.69) is 104 Å². The van der Waals surface area contributed by atoms with E-state index in [9.17, 15) is 0 Å². The summed E-state index contributed by atoms with van der Waals surface area (Å²) in [5, 5.41) is 2.55. The zero-order valence-electron chi connectivity index (χ0n) is 17.8. The van der Waals surface area contributed by atoms with Crippen LogP contribution in [0.2, 0.25) is 0 Å². The second kappa shape index (κ2) is 8.11. The Morgan fingerprint density at radius 1 is 0.576 bits per heavy atom. The molecule has 2 N–H and O–H groups in total. The minimum atomic E-state index is 0.809. The lowest BCUT2D eigenvalue weighted by Gasteiger charge is -2.11. The molecule has 0 fully saturated rings. The largest absolute Gasteiger partial charge is 0.398 e. The zero-order chi connectivity index (χ0) is 22.4. The number of anilines is 1. The monoisotopic (exact) mass is 459 g/mol. The molecule has 33 heavy (non-hydrogen) atoms. The first-order chi connectivity index (χ1) is 16.2. The third kappa shape index (κ3) is 3.50. The Morgan fingerprint density at radius 2 is 1.24 bits per heavy atom. The van der Waals surface area contributed by atoms with Crippen LogP contribution in [0, 0.1) is 0 Å². The van der Waals surface area contributed by atoms with Crippen LogP contribution in [0.4, 0.5) is 5.69 Å². The van der Waals surface area contributed by atoms with Crippen molar-refractivity contribution < 1.29 is 0 Å². The van der Waals surface area contributed by atoms with Crippen LogP contribution >= 0.6 is 24.0 Å². The van der Waals surface area contributed by atoms with Gasteiger partial charge in [0.2, 0.25) is 0 Å². The van der Waals surface area contributed by atoms with Crippen molar-refractivity contribution in [3.63, 3.8) is 0 Å². The number of nitrogen functional groups attached to an aromatic ring is 1. The molecule has 0 radical (unpaired) electrons. The van der Waals surface area contributed by atoms with Crippen molar-refractivity contribution in [3.8, 4) is 33.4 Å². The second-order valence-corrected chi connectivity index (χ2v) is 9.72. The molecule has 0 saturated carbocycles. The molecule has 1 aromatic heterocycles. The molecule has 0 aliphatic carbocycles. The normalized spacial score (nSPS) is 11.3. The maximum absolute atomic E-state index is 6.54. The lowest BCUT2D eigenvalue weighted by Crippen LogP contribution is -1.91. The molecular weight excluding hydrogens is 438 g/mol. The predicted molar refractivity (Wildman–Crippen MR) is 147 cm³/mol. The van der Waals surface area contributed by atoms with Crippen molar-refractivity contribution in [1.82, 2.24) is 0 Å². The fourth-order valence-electron chi connectivity index (χ4n) is 4.54. The van der Waals surface area contributed by atoms with Crippen LogP contribution in [0.15, 0.2) is 114 Å². The summed E-state index contributed by atoms with van der Waals surface area (Å²) in [4.78, 5) is 0.979. The van der Waals surface area contributed by atoms with E-state index in [4.69, 9.17) is 5.73 Å². The van der Waals surface area contributed by atoms with Gasteiger partial charge in [0.25, 0.3) is 0 Å². The van der Waals surface area contributed by atoms with Crippen LogP contribution in [0.1, 0.15) is 0 Å². The van der Waals surface area contributed by atoms with Gasteiger partial charge < -0.3 is 5.73 Å². The van der Waals surface area contributed by atoms with Gasteiger partial charge in [0.1, 0.15) is 0 Å². The fourth-order valence-corrected chi connectivity index (χ4v) is 6.11. The van der Waals surface area contributed by atoms with Gasteiger partial charge in [0, 0.05) is 36.3 Å². The topological polar surface area (TPSA) is 26.0 Å². The Labute approximate surface area is 202 Å². The number of benzene rings is 5. The highest BCUT2D eigenvalue weighted by Crippen LogP contribution is 2.43. The van der Waals surface area contributed by atoms with Crippen molar-refractivity contribution in [2.24, 2.45) is 0 Å². The lowest BCUT2D eigenvalue weighted by atomic mass is 9.95. The number of hydrogen-bond acceptors (Lipinski definition) is 3. The summed E-state index contributed by atoms with van der Waals surface area (Å²) < 4.78 is 2.53. The Bertz CT molecular complexity index is 1640. The number of nitrogens with two attached hydrogens (primary N) is 1. The summed E-state index contributed by atoms with van der Waals surface area (Å²) in [6.07, 6.45) is 0. The summed E-state index contributed by atoms with van der Waals surface area (Å²) in [6, 6.07) is 38.3. The number of thiol groups is 1. The first-order valence-corrected chi connectivity index (χ1v) is 12.1. The fraction of sp³-hybridized carbons (Fsp3) is 0. The van der Waals surface area contributed by atoms with E-state index in [1.165, 1.54) is 31.3 Å². The average Bonchev–Trinajstić information content (AvgIpc) is 3.23. The molecule has 1 nitrogen and oxygen atoms in total. The van der Waals surface area contributed by atoms with Crippen molar-refractivity contribution in [1.29, 1.82) is 0 Å². The standard InChI is InChI=1S/C30H21NS2/c31-26-16-15-25-24-12-2-4-14-28(24)33-30(25)29(26)22-10-6-8-20(18-22)19-7-5-9-21(17-19)23-11-1-3-13-27(23)32/h1-18,32H,31H2. The van der Waals surface area contributed by atoms with Gasteiger partial charge in [-0.15, -0.1) is 24.0 Å². The van der Waals surface area contributed by atoms with Gasteiger partial charge >= 0.3 is 0 Å². The zero-order valence-corrected chi connectivity index (χ0v) is 19.5. The van der Waals surface area contributed by atoms with E-state index in [1.54, 1.807) is 0 Å². The molecule has 0 saturated heterocycles. The Morgan fingerprint density at radius 3 is 2.06 bits per heavy atom. The number of thiophene rings is 1. The third-order valence-electron chi connectivity index (χ3n) is 6.14. The molecule has 3 heteroatoms. The van der Waals surface area contributed by atoms with Crippen LogP contribution < -0.4 is 5.73 Å². The summed E-state index contributed by atoms with van der Waals surface area (Å²) in [5.41, 5.74) is 14.3. The van der Waals surface area contributed by atoms with E-state index < -0.39 is 0 Å². The van der Waals surface area contributed by atoms with E-state index in [0.29, 0.717) is 0 Å². The van der Waals surface area contributed by atoms with E-state index in [0.717, 1.165) is 32.8 Å². The predicted octanol–water partition coefficient (Wildman–Crippen LogP) is 8.93. The lowest BCUT2D eigenvalue weighted by molar-refractivity contribution is 1.45. The van der Waals surface area contributed by atoms with Crippen molar-refractivity contribution in [3.05, 3.63) is 109 Å². The van der Waals surface area contributed by atoms with Gasteiger partial charge in [0.15, 0.2) is 0 Å². The first kappa shape index (κ1) is 20.1. The number of fused-ring (bicyclic) bond motifs is 3. The summed E-state index contributed by atoms with van der Waals surface area (Å²) in [6.45, 7) is 0. The summed E-state index contributed by atoms with van der Waals surface area (Å²) in [5.74, 6) is 0. The molecule has 6 rings (SSSR count). The maximum atomic E-state index is 6.54.